The number of guanidine groups is 1. The van der Waals surface area contributed by atoms with Crippen molar-refractivity contribution in [3.8, 4) is 5.75 Å². The van der Waals surface area contributed by atoms with Crippen LogP contribution >= 0.6 is 0 Å². The smallest absolute Gasteiger partial charge is 0.404 e. The molecule has 3 rings (SSSR count). The molecule has 0 amide bonds. The molecule has 4 N–H and O–H groups in total. The van der Waals surface area contributed by atoms with Crippen molar-refractivity contribution < 1.29 is 17.9 Å². The molecule has 0 radical (unpaired) electrons. The molecular weight excluding hydrogens is 357 g/mol. The maximum absolute atomic E-state index is 12.5. The zero-order valence-corrected chi connectivity index (χ0v) is 14.6. The number of nitrogens with zero attached hydrogens (tertiary/aromatic N) is 1. The lowest BCUT2D eigenvalue weighted by molar-refractivity contribution is -0.274. The Labute approximate surface area is 154 Å². The molecule has 0 fully saturated rings. The van der Waals surface area contributed by atoms with E-state index < -0.39 is 6.36 Å². The molecule has 142 valence electrons. The number of halogens is 3. The first kappa shape index (κ1) is 18.6. The fraction of sp³-hybridized carbons (Fsp3) is 0.211. The molecular formula is C19H19F3N4O. The van der Waals surface area contributed by atoms with E-state index in [0.717, 1.165) is 22.2 Å². The van der Waals surface area contributed by atoms with Crippen LogP contribution in [0.15, 0.2) is 53.5 Å². The number of fused-ring (bicyclic) bond motifs is 1. The summed E-state index contributed by atoms with van der Waals surface area (Å²) in [5, 5.41) is 3.79. The number of aryl methyl sites for hydroxylation is 1. The number of hydrogen-bond donors (Lipinski definition) is 3. The molecule has 0 unspecified atom stereocenters. The summed E-state index contributed by atoms with van der Waals surface area (Å²) in [5.41, 5.74) is 9.17. The van der Waals surface area contributed by atoms with Crippen molar-refractivity contribution in [2.45, 2.75) is 19.7 Å². The van der Waals surface area contributed by atoms with Crippen LogP contribution in [0.4, 0.5) is 18.9 Å². The molecule has 0 aliphatic heterocycles. The minimum Gasteiger partial charge on any atom is -0.404 e. The number of anilines is 1. The van der Waals surface area contributed by atoms with Crippen LogP contribution in [-0.2, 0) is 6.42 Å². The Morgan fingerprint density at radius 3 is 2.63 bits per heavy atom. The number of benzene rings is 2. The number of aliphatic imine (C=N–C) groups is 1. The lowest BCUT2D eigenvalue weighted by Crippen LogP contribution is -2.24. The highest BCUT2D eigenvalue weighted by Crippen LogP contribution is 2.29. The molecule has 0 aliphatic carbocycles. The van der Waals surface area contributed by atoms with Gasteiger partial charge in [0.05, 0.1) is 5.69 Å². The van der Waals surface area contributed by atoms with E-state index in [-0.39, 0.29) is 17.4 Å². The van der Waals surface area contributed by atoms with Crippen molar-refractivity contribution in [2.75, 3.05) is 11.9 Å². The predicted molar refractivity (Wildman–Crippen MR) is 100.0 cm³/mol. The van der Waals surface area contributed by atoms with Crippen molar-refractivity contribution in [3.63, 3.8) is 0 Å². The van der Waals surface area contributed by atoms with Gasteiger partial charge >= 0.3 is 6.36 Å². The predicted octanol–water partition coefficient (Wildman–Crippen LogP) is 4.34. The van der Waals surface area contributed by atoms with Crippen LogP contribution in [0.2, 0.25) is 0 Å². The maximum Gasteiger partial charge on any atom is 0.573 e. The number of para-hydroxylation sites is 3. The monoisotopic (exact) mass is 376 g/mol. The first-order valence-corrected chi connectivity index (χ1v) is 8.31. The summed E-state index contributed by atoms with van der Waals surface area (Å²) >= 11 is 0. The summed E-state index contributed by atoms with van der Waals surface area (Å²) in [6.07, 6.45) is -4.13. The van der Waals surface area contributed by atoms with E-state index in [2.05, 4.69) is 20.0 Å². The van der Waals surface area contributed by atoms with E-state index in [4.69, 9.17) is 5.73 Å². The number of nitrogens with one attached hydrogen (secondary N) is 2. The Bertz CT molecular complexity index is 963. The molecule has 0 atom stereocenters. The highest BCUT2D eigenvalue weighted by Gasteiger charge is 2.32. The third-order valence-corrected chi connectivity index (χ3v) is 4.05. The lowest BCUT2D eigenvalue weighted by atomic mass is 10.1. The van der Waals surface area contributed by atoms with Gasteiger partial charge in [0.15, 0.2) is 11.7 Å². The third kappa shape index (κ3) is 4.72. The summed E-state index contributed by atoms with van der Waals surface area (Å²) in [6, 6.07) is 13.6. The number of hydrogen-bond acceptors (Lipinski definition) is 2. The van der Waals surface area contributed by atoms with Gasteiger partial charge in [-0.05, 0) is 37.1 Å². The van der Waals surface area contributed by atoms with Crippen molar-refractivity contribution in [1.29, 1.82) is 0 Å². The van der Waals surface area contributed by atoms with E-state index in [0.29, 0.717) is 13.0 Å². The van der Waals surface area contributed by atoms with E-state index >= 15 is 0 Å². The Morgan fingerprint density at radius 1 is 1.15 bits per heavy atom. The van der Waals surface area contributed by atoms with Crippen LogP contribution in [0, 0.1) is 6.92 Å². The molecule has 8 heteroatoms. The minimum absolute atomic E-state index is 0.0192. The largest absolute Gasteiger partial charge is 0.573 e. The van der Waals surface area contributed by atoms with E-state index in [1.165, 1.54) is 18.2 Å². The minimum atomic E-state index is -4.78. The van der Waals surface area contributed by atoms with Crippen LogP contribution in [-0.4, -0.2) is 23.9 Å². The van der Waals surface area contributed by atoms with Gasteiger partial charge in [0, 0.05) is 23.1 Å². The second kappa shape index (κ2) is 7.61. The zero-order chi connectivity index (χ0) is 19.4. The average Bonchev–Trinajstić information content (AvgIpc) is 2.91. The first-order chi connectivity index (χ1) is 12.8. The summed E-state index contributed by atoms with van der Waals surface area (Å²) < 4.78 is 41.4. The molecule has 0 spiro atoms. The van der Waals surface area contributed by atoms with E-state index in [1.807, 2.05) is 31.2 Å². The van der Waals surface area contributed by atoms with Crippen molar-refractivity contribution in [1.82, 2.24) is 4.98 Å². The average molecular weight is 376 g/mol. The molecule has 2 aromatic carbocycles. The number of aromatic amines is 1. The SMILES string of the molecule is Cc1[nH]c2ccccc2c1CCN=C(N)Nc1ccccc1OC(F)(F)F. The number of aromatic nitrogens is 1. The molecule has 3 aromatic rings. The second-order valence-corrected chi connectivity index (χ2v) is 5.96. The van der Waals surface area contributed by atoms with Gasteiger partial charge in [-0.2, -0.15) is 0 Å². The highest BCUT2D eigenvalue weighted by atomic mass is 19.4. The topological polar surface area (TPSA) is 75.4 Å². The lowest BCUT2D eigenvalue weighted by Gasteiger charge is -2.14. The van der Waals surface area contributed by atoms with Gasteiger partial charge in [-0.15, -0.1) is 13.2 Å². The van der Waals surface area contributed by atoms with Crippen molar-refractivity contribution >= 4 is 22.5 Å². The summed E-state index contributed by atoms with van der Waals surface area (Å²) in [6.45, 7) is 2.38. The molecule has 27 heavy (non-hydrogen) atoms. The fourth-order valence-corrected chi connectivity index (χ4v) is 2.91. The van der Waals surface area contributed by atoms with Crippen LogP contribution in [0.1, 0.15) is 11.3 Å². The number of H-pyrrole nitrogens is 1. The number of alkyl halides is 3. The van der Waals surface area contributed by atoms with Crippen LogP contribution in [0.25, 0.3) is 10.9 Å². The van der Waals surface area contributed by atoms with Crippen LogP contribution < -0.4 is 15.8 Å². The van der Waals surface area contributed by atoms with E-state index in [9.17, 15) is 13.2 Å². The Balaban J connectivity index is 1.68. The Kier molecular flexibility index (Phi) is 5.25. The van der Waals surface area contributed by atoms with Crippen molar-refractivity contribution in [3.05, 3.63) is 59.8 Å². The van der Waals surface area contributed by atoms with Gasteiger partial charge in [-0.3, -0.25) is 4.99 Å². The molecule has 1 heterocycles. The molecule has 1 aromatic heterocycles. The van der Waals surface area contributed by atoms with Gasteiger partial charge in [0.1, 0.15) is 0 Å². The molecule has 0 bridgehead atoms. The third-order valence-electron chi connectivity index (χ3n) is 4.05. The fourth-order valence-electron chi connectivity index (χ4n) is 2.91. The summed E-state index contributed by atoms with van der Waals surface area (Å²) in [7, 11) is 0. The van der Waals surface area contributed by atoms with Crippen LogP contribution in [0.5, 0.6) is 5.75 Å². The van der Waals surface area contributed by atoms with Gasteiger partial charge in [0.25, 0.3) is 0 Å². The molecule has 0 saturated carbocycles. The standard InChI is InChI=1S/C19H19F3N4O/c1-12-13(14-6-2-3-7-15(14)25-12)10-11-24-18(23)26-16-8-4-5-9-17(16)27-19(20,21)22/h2-9,25H,10-11H2,1H3,(H3,23,24,26). The van der Waals surface area contributed by atoms with Gasteiger partial charge < -0.3 is 20.8 Å². The molecule has 0 aliphatic rings. The zero-order valence-electron chi connectivity index (χ0n) is 14.6. The number of ether oxygens (including phenoxy) is 1. The van der Waals surface area contributed by atoms with Crippen molar-refractivity contribution in [2.24, 2.45) is 10.7 Å². The van der Waals surface area contributed by atoms with Crippen LogP contribution in [0.3, 0.4) is 0 Å². The Morgan fingerprint density at radius 2 is 1.85 bits per heavy atom. The Hall–Kier alpha value is -3.16. The molecule has 0 saturated heterocycles. The molecule has 5 nitrogen and oxygen atoms in total. The van der Waals surface area contributed by atoms with E-state index in [1.54, 1.807) is 6.07 Å². The van der Waals surface area contributed by atoms with Gasteiger partial charge in [-0.25, -0.2) is 0 Å². The summed E-state index contributed by atoms with van der Waals surface area (Å²) in [5.74, 6) is -0.346. The normalized spacial score (nSPS) is 12.4. The highest BCUT2D eigenvalue weighted by molar-refractivity contribution is 5.93. The van der Waals surface area contributed by atoms with Gasteiger partial charge in [0.2, 0.25) is 0 Å². The first-order valence-electron chi connectivity index (χ1n) is 8.31. The number of rotatable bonds is 5. The quantitative estimate of drug-likeness (QED) is 0.458. The maximum atomic E-state index is 12.5. The second-order valence-electron chi connectivity index (χ2n) is 5.96. The summed E-state index contributed by atoms with van der Waals surface area (Å²) in [4.78, 5) is 7.53. The van der Waals surface area contributed by atoms with Gasteiger partial charge in [-0.1, -0.05) is 30.3 Å². The number of nitrogens with two attached hydrogens (primary N) is 1.